The van der Waals surface area contributed by atoms with Crippen LogP contribution in [0.5, 0.6) is 11.5 Å². The molecule has 1 aromatic rings. The zero-order chi connectivity index (χ0) is 18.5. The molecule has 24 heavy (non-hydrogen) atoms. The summed E-state index contributed by atoms with van der Waals surface area (Å²) in [6, 6.07) is 5.82. The number of aliphatic carboxylic acids is 2. The predicted molar refractivity (Wildman–Crippen MR) is 90.5 cm³/mol. The molecule has 0 amide bonds. The Morgan fingerprint density at radius 1 is 1.08 bits per heavy atom. The predicted octanol–water partition coefficient (Wildman–Crippen LogP) is 2.03. The van der Waals surface area contributed by atoms with Gasteiger partial charge in [0.25, 0.3) is 0 Å². The lowest BCUT2D eigenvalue weighted by Gasteiger charge is -2.20. The third kappa shape index (κ3) is 8.00. The molecular formula is C17H23NO6. The Kier molecular flexibility index (Phi) is 10.4. The Balaban J connectivity index is 0.000000754. The molecule has 0 aliphatic carbocycles. The molecule has 0 aliphatic heterocycles. The monoisotopic (exact) mass is 337 g/mol. The van der Waals surface area contributed by atoms with Crippen LogP contribution >= 0.6 is 0 Å². The molecule has 0 saturated heterocycles. The van der Waals surface area contributed by atoms with Crippen molar-refractivity contribution in [1.82, 2.24) is 4.90 Å². The minimum absolute atomic E-state index is 0.776. The highest BCUT2D eigenvalue weighted by Crippen LogP contribution is 2.25. The lowest BCUT2D eigenvalue weighted by molar-refractivity contribution is -0.159. The van der Waals surface area contributed by atoms with E-state index in [1.165, 1.54) is 0 Å². The summed E-state index contributed by atoms with van der Waals surface area (Å²) in [5, 5.41) is 14.8. The van der Waals surface area contributed by atoms with E-state index in [-0.39, 0.29) is 0 Å². The molecule has 0 fully saturated rings. The van der Waals surface area contributed by atoms with Gasteiger partial charge in [0.2, 0.25) is 0 Å². The van der Waals surface area contributed by atoms with Crippen molar-refractivity contribution in [3.63, 3.8) is 0 Å². The van der Waals surface area contributed by atoms with Crippen molar-refractivity contribution in [2.45, 2.75) is 6.54 Å². The van der Waals surface area contributed by atoms with Crippen molar-refractivity contribution >= 4 is 11.9 Å². The number of hydrogen-bond acceptors (Lipinski definition) is 5. The standard InChI is InChI=1S/C15H21NO2.C2H2O4/c1-5-9-16(10-6-2)12-13-11-14(17-3)7-8-15(13)18-4;3-1(4)2(5)6/h5-8,11H,1-2,9-10,12H2,3-4H3;(H,3,4)(H,5,6). The summed E-state index contributed by atoms with van der Waals surface area (Å²) in [5.41, 5.74) is 1.10. The van der Waals surface area contributed by atoms with Crippen LogP contribution < -0.4 is 9.47 Å². The van der Waals surface area contributed by atoms with E-state index < -0.39 is 11.9 Å². The van der Waals surface area contributed by atoms with Gasteiger partial charge < -0.3 is 19.7 Å². The molecule has 0 radical (unpaired) electrons. The number of ether oxygens (including phenoxy) is 2. The molecule has 1 aromatic carbocycles. The van der Waals surface area contributed by atoms with E-state index >= 15 is 0 Å². The smallest absolute Gasteiger partial charge is 0.414 e. The van der Waals surface area contributed by atoms with E-state index in [0.29, 0.717) is 0 Å². The third-order valence-electron chi connectivity index (χ3n) is 2.84. The van der Waals surface area contributed by atoms with E-state index in [4.69, 9.17) is 29.3 Å². The van der Waals surface area contributed by atoms with E-state index in [1.54, 1.807) is 14.2 Å². The zero-order valence-electron chi connectivity index (χ0n) is 13.9. The van der Waals surface area contributed by atoms with Crippen LogP contribution in [0.15, 0.2) is 43.5 Å². The second-order valence-corrected chi connectivity index (χ2v) is 4.56. The summed E-state index contributed by atoms with van der Waals surface area (Å²) in [4.78, 5) is 20.4. The summed E-state index contributed by atoms with van der Waals surface area (Å²) >= 11 is 0. The fraction of sp³-hybridized carbons (Fsp3) is 0.294. The number of carboxylic acid groups (broad SMARTS) is 2. The Morgan fingerprint density at radius 3 is 2.00 bits per heavy atom. The molecule has 1 rings (SSSR count). The van der Waals surface area contributed by atoms with Gasteiger partial charge in [-0.1, -0.05) is 12.2 Å². The topological polar surface area (TPSA) is 96.3 Å². The van der Waals surface area contributed by atoms with Crippen molar-refractivity contribution in [2.75, 3.05) is 27.3 Å². The summed E-state index contributed by atoms with van der Waals surface area (Å²) in [5.74, 6) is -1.94. The highest BCUT2D eigenvalue weighted by Gasteiger charge is 2.09. The number of nitrogens with zero attached hydrogens (tertiary/aromatic N) is 1. The average molecular weight is 337 g/mol. The number of benzene rings is 1. The molecule has 0 bridgehead atoms. The second kappa shape index (κ2) is 11.7. The van der Waals surface area contributed by atoms with Gasteiger partial charge in [-0.3, -0.25) is 4.90 Å². The van der Waals surface area contributed by atoms with Gasteiger partial charge in [0.15, 0.2) is 0 Å². The first-order valence-electron chi connectivity index (χ1n) is 7.00. The molecule has 0 aliphatic rings. The zero-order valence-corrected chi connectivity index (χ0v) is 13.9. The normalized spacial score (nSPS) is 9.46. The van der Waals surface area contributed by atoms with Crippen molar-refractivity contribution < 1.29 is 29.3 Å². The van der Waals surface area contributed by atoms with Crippen LogP contribution in [0, 0.1) is 0 Å². The molecule has 7 heteroatoms. The van der Waals surface area contributed by atoms with E-state index in [0.717, 1.165) is 36.7 Å². The maximum absolute atomic E-state index is 9.10. The maximum Gasteiger partial charge on any atom is 0.414 e. The summed E-state index contributed by atoms with van der Waals surface area (Å²) in [7, 11) is 3.34. The van der Waals surface area contributed by atoms with Gasteiger partial charge in [0.05, 0.1) is 14.2 Å². The van der Waals surface area contributed by atoms with Crippen molar-refractivity contribution in [3.05, 3.63) is 49.1 Å². The lowest BCUT2D eigenvalue weighted by Crippen LogP contribution is -2.23. The molecule has 0 saturated carbocycles. The first kappa shape index (κ1) is 21.2. The van der Waals surface area contributed by atoms with Crippen LogP contribution in [0.3, 0.4) is 0 Å². The molecule has 132 valence electrons. The first-order chi connectivity index (χ1) is 11.4. The number of carboxylic acids is 2. The summed E-state index contributed by atoms with van der Waals surface area (Å²) < 4.78 is 10.6. The SMILES string of the molecule is C=CCN(CC=C)Cc1cc(OC)ccc1OC.O=C(O)C(=O)O. The molecular weight excluding hydrogens is 314 g/mol. The lowest BCUT2D eigenvalue weighted by atomic mass is 10.1. The molecule has 0 atom stereocenters. The average Bonchev–Trinajstić information content (AvgIpc) is 2.55. The van der Waals surface area contributed by atoms with E-state index in [1.807, 2.05) is 30.4 Å². The van der Waals surface area contributed by atoms with Gasteiger partial charge in [-0.2, -0.15) is 0 Å². The quantitative estimate of drug-likeness (QED) is 0.553. The van der Waals surface area contributed by atoms with Crippen LogP contribution in [-0.4, -0.2) is 54.4 Å². The summed E-state index contributed by atoms with van der Waals surface area (Å²) in [6.45, 7) is 9.94. The van der Waals surface area contributed by atoms with Crippen LogP contribution in [-0.2, 0) is 16.1 Å². The number of carbonyl (C=O) groups is 2. The Hall–Kier alpha value is -2.80. The minimum atomic E-state index is -1.82. The highest BCUT2D eigenvalue weighted by molar-refractivity contribution is 6.27. The number of rotatable bonds is 8. The van der Waals surface area contributed by atoms with Crippen LogP contribution in [0.4, 0.5) is 0 Å². The Morgan fingerprint density at radius 2 is 1.62 bits per heavy atom. The second-order valence-electron chi connectivity index (χ2n) is 4.56. The maximum atomic E-state index is 9.10. The van der Waals surface area contributed by atoms with Crippen LogP contribution in [0.1, 0.15) is 5.56 Å². The molecule has 0 unspecified atom stereocenters. The minimum Gasteiger partial charge on any atom is -0.497 e. The summed E-state index contributed by atoms with van der Waals surface area (Å²) in [6.07, 6.45) is 3.77. The van der Waals surface area contributed by atoms with Gasteiger partial charge in [-0.05, 0) is 18.2 Å². The molecule has 2 N–H and O–H groups in total. The van der Waals surface area contributed by atoms with Gasteiger partial charge in [-0.25, -0.2) is 9.59 Å². The van der Waals surface area contributed by atoms with Crippen molar-refractivity contribution in [3.8, 4) is 11.5 Å². The number of hydrogen-bond donors (Lipinski definition) is 2. The fourth-order valence-electron chi connectivity index (χ4n) is 1.82. The molecule has 0 spiro atoms. The van der Waals surface area contributed by atoms with E-state index in [2.05, 4.69) is 18.1 Å². The largest absolute Gasteiger partial charge is 0.497 e. The molecule has 7 nitrogen and oxygen atoms in total. The molecule has 0 heterocycles. The van der Waals surface area contributed by atoms with Crippen molar-refractivity contribution in [1.29, 1.82) is 0 Å². The fourth-order valence-corrected chi connectivity index (χ4v) is 1.82. The van der Waals surface area contributed by atoms with Crippen LogP contribution in [0.25, 0.3) is 0 Å². The highest BCUT2D eigenvalue weighted by atomic mass is 16.5. The van der Waals surface area contributed by atoms with E-state index in [9.17, 15) is 0 Å². The van der Waals surface area contributed by atoms with Gasteiger partial charge in [0, 0.05) is 25.2 Å². The number of methoxy groups -OCH3 is 2. The van der Waals surface area contributed by atoms with Crippen molar-refractivity contribution in [2.24, 2.45) is 0 Å². The molecule has 0 aromatic heterocycles. The first-order valence-corrected chi connectivity index (χ1v) is 7.00. The Bertz CT molecular complexity index is 548. The van der Waals surface area contributed by atoms with Gasteiger partial charge in [-0.15, -0.1) is 13.2 Å². The van der Waals surface area contributed by atoms with Crippen LogP contribution in [0.2, 0.25) is 0 Å². The van der Waals surface area contributed by atoms with Gasteiger partial charge in [0.1, 0.15) is 11.5 Å². The Labute approximate surface area is 141 Å². The third-order valence-corrected chi connectivity index (χ3v) is 2.84. The van der Waals surface area contributed by atoms with Gasteiger partial charge >= 0.3 is 11.9 Å².